The van der Waals surface area contributed by atoms with E-state index in [1.165, 1.54) is 11.8 Å². The van der Waals surface area contributed by atoms with Gasteiger partial charge in [0.25, 0.3) is 11.5 Å². The van der Waals surface area contributed by atoms with Gasteiger partial charge in [0.15, 0.2) is 5.69 Å². The summed E-state index contributed by atoms with van der Waals surface area (Å²) >= 11 is 6.39. The summed E-state index contributed by atoms with van der Waals surface area (Å²) < 4.78 is 13.6. The van der Waals surface area contributed by atoms with Crippen LogP contribution in [-0.4, -0.2) is 65.6 Å². The number of piperazine rings is 1. The van der Waals surface area contributed by atoms with Gasteiger partial charge >= 0.3 is 0 Å². The molecule has 0 bridgehead atoms. The molecule has 0 radical (unpaired) electrons. The lowest BCUT2D eigenvalue weighted by atomic mass is 10.1. The van der Waals surface area contributed by atoms with E-state index in [1.54, 1.807) is 30.2 Å². The molecule has 0 atom stereocenters. The molecule has 1 amide bonds. The Balaban J connectivity index is 1.43. The third-order valence-electron chi connectivity index (χ3n) is 7.53. The number of carbonyl (C=O) groups is 1. The zero-order valence-electron chi connectivity index (χ0n) is 22.4. The molecule has 0 spiro atoms. The Morgan fingerprint density at radius 3 is 2.27 bits per heavy atom. The molecule has 5 aromatic rings. The summed E-state index contributed by atoms with van der Waals surface area (Å²) in [5.41, 5.74) is 2.67. The lowest BCUT2D eigenvalue weighted by Gasteiger charge is -2.36. The Morgan fingerprint density at radius 1 is 0.900 bits per heavy atom. The van der Waals surface area contributed by atoms with Crippen LogP contribution in [0.1, 0.15) is 10.5 Å². The number of benzene rings is 3. The molecule has 40 heavy (non-hydrogen) atoms. The van der Waals surface area contributed by atoms with Crippen LogP contribution in [0, 0.1) is 0 Å². The van der Waals surface area contributed by atoms with E-state index in [4.69, 9.17) is 21.1 Å². The van der Waals surface area contributed by atoms with Crippen molar-refractivity contribution in [1.29, 1.82) is 0 Å². The number of carbonyl (C=O) groups excluding carboxylic acids is 1. The number of para-hydroxylation sites is 1. The van der Waals surface area contributed by atoms with Crippen LogP contribution in [0.4, 0.5) is 5.69 Å². The van der Waals surface area contributed by atoms with E-state index >= 15 is 0 Å². The number of aryl methyl sites for hydroxylation is 1. The van der Waals surface area contributed by atoms with E-state index in [2.05, 4.69) is 10.00 Å². The van der Waals surface area contributed by atoms with Gasteiger partial charge < -0.3 is 23.8 Å². The number of amides is 1. The van der Waals surface area contributed by atoms with E-state index in [0.29, 0.717) is 53.5 Å². The molecule has 3 aromatic carbocycles. The molecule has 2 aromatic heterocycles. The largest absolute Gasteiger partial charge is 0.497 e. The highest BCUT2D eigenvalue weighted by Crippen LogP contribution is 2.31. The summed E-state index contributed by atoms with van der Waals surface area (Å²) in [4.78, 5) is 32.0. The Kier molecular flexibility index (Phi) is 6.59. The van der Waals surface area contributed by atoms with Crippen LogP contribution < -0.4 is 19.9 Å². The first-order chi connectivity index (χ1) is 19.4. The van der Waals surface area contributed by atoms with Crippen LogP contribution in [0.25, 0.3) is 27.5 Å². The summed E-state index contributed by atoms with van der Waals surface area (Å²) in [7, 11) is 5.00. The number of nitrogens with zero attached hydrogens (tertiary/aromatic N) is 5. The van der Waals surface area contributed by atoms with E-state index in [1.807, 2.05) is 60.1 Å². The van der Waals surface area contributed by atoms with Crippen LogP contribution in [0.15, 0.2) is 71.5 Å². The molecule has 1 aliphatic heterocycles. The van der Waals surface area contributed by atoms with Crippen molar-refractivity contribution in [3.8, 4) is 17.2 Å². The van der Waals surface area contributed by atoms with E-state index in [0.717, 1.165) is 22.3 Å². The minimum atomic E-state index is -0.337. The van der Waals surface area contributed by atoms with Crippen molar-refractivity contribution >= 4 is 45.0 Å². The smallest absolute Gasteiger partial charge is 0.296 e. The second-order valence-corrected chi connectivity index (χ2v) is 10.1. The maximum Gasteiger partial charge on any atom is 0.296 e. The van der Waals surface area contributed by atoms with E-state index in [9.17, 15) is 9.59 Å². The molecule has 0 unspecified atom stereocenters. The van der Waals surface area contributed by atoms with Crippen LogP contribution in [0.3, 0.4) is 0 Å². The van der Waals surface area contributed by atoms with Crippen molar-refractivity contribution < 1.29 is 14.3 Å². The monoisotopic (exact) mass is 557 g/mol. The highest BCUT2D eigenvalue weighted by Gasteiger charge is 2.29. The van der Waals surface area contributed by atoms with Crippen molar-refractivity contribution in [1.82, 2.24) is 19.2 Å². The van der Waals surface area contributed by atoms with Crippen LogP contribution in [0.2, 0.25) is 5.02 Å². The molecule has 9 nitrogen and oxygen atoms in total. The highest BCUT2D eigenvalue weighted by molar-refractivity contribution is 6.32. The standard InChI is InChI=1S/C30H28ClN5O4/c1-33-24-7-5-4-6-22(24)26-27(32-36(30(38)28(26)33)20-10-13-25(40-3)23(31)18-20)29(37)35-16-14-34(15-17-35)19-8-11-21(39-2)12-9-19/h4-13,18H,14-17H2,1-3H3. The normalized spacial score (nSPS) is 13.7. The molecule has 6 rings (SSSR count). The van der Waals surface area contributed by atoms with Crippen LogP contribution >= 0.6 is 11.6 Å². The van der Waals surface area contributed by atoms with Crippen molar-refractivity contribution in [3.05, 3.63) is 87.8 Å². The topological polar surface area (TPSA) is 81.8 Å². The first-order valence-corrected chi connectivity index (χ1v) is 13.3. The fourth-order valence-electron chi connectivity index (χ4n) is 5.40. The second-order valence-electron chi connectivity index (χ2n) is 9.66. The molecular formula is C30H28ClN5O4. The van der Waals surface area contributed by atoms with Crippen LogP contribution in [-0.2, 0) is 7.05 Å². The highest BCUT2D eigenvalue weighted by atomic mass is 35.5. The van der Waals surface area contributed by atoms with Gasteiger partial charge in [-0.2, -0.15) is 9.78 Å². The third kappa shape index (κ3) is 4.23. The number of fused-ring (bicyclic) bond motifs is 3. The Labute approximate surface area is 235 Å². The second kappa shape index (κ2) is 10.2. The maximum atomic E-state index is 14.1. The number of aromatic nitrogens is 3. The predicted molar refractivity (Wildman–Crippen MR) is 156 cm³/mol. The molecule has 0 N–H and O–H groups in total. The number of anilines is 1. The van der Waals surface area contributed by atoms with Crippen LogP contribution in [0.5, 0.6) is 11.5 Å². The number of hydrogen-bond donors (Lipinski definition) is 0. The Hall–Kier alpha value is -4.50. The van der Waals surface area contributed by atoms with Crippen molar-refractivity contribution in [3.63, 3.8) is 0 Å². The van der Waals surface area contributed by atoms with Crippen molar-refractivity contribution in [2.75, 3.05) is 45.3 Å². The van der Waals surface area contributed by atoms with E-state index < -0.39 is 0 Å². The average Bonchev–Trinajstić information content (AvgIpc) is 3.30. The predicted octanol–water partition coefficient (Wildman–Crippen LogP) is 4.51. The van der Waals surface area contributed by atoms with Gasteiger partial charge in [-0.3, -0.25) is 9.59 Å². The Morgan fingerprint density at radius 2 is 1.60 bits per heavy atom. The van der Waals surface area contributed by atoms with Gasteiger partial charge in [0.2, 0.25) is 0 Å². The summed E-state index contributed by atoms with van der Waals surface area (Å²) in [5, 5.41) is 6.38. The SMILES string of the molecule is COc1ccc(N2CCN(C(=O)c3nn(-c4ccc(OC)c(Cl)c4)c(=O)c4c3c3ccccc3n4C)CC2)cc1. The molecular weight excluding hydrogens is 530 g/mol. The molecule has 204 valence electrons. The Bertz CT molecular complexity index is 1800. The summed E-state index contributed by atoms with van der Waals surface area (Å²) in [6, 6.07) is 20.6. The van der Waals surface area contributed by atoms with Gasteiger partial charge in [-0.1, -0.05) is 29.8 Å². The minimum absolute atomic E-state index is 0.218. The van der Waals surface area contributed by atoms with Gasteiger partial charge in [0.05, 0.1) is 24.9 Å². The number of halogens is 1. The lowest BCUT2D eigenvalue weighted by Crippen LogP contribution is -2.49. The minimum Gasteiger partial charge on any atom is -0.497 e. The number of rotatable bonds is 5. The number of hydrogen-bond acceptors (Lipinski definition) is 6. The summed E-state index contributed by atoms with van der Waals surface area (Å²) in [5.74, 6) is 1.07. The molecule has 1 fully saturated rings. The number of methoxy groups -OCH3 is 2. The van der Waals surface area contributed by atoms with E-state index in [-0.39, 0.29) is 17.2 Å². The zero-order chi connectivity index (χ0) is 28.0. The van der Waals surface area contributed by atoms with Gasteiger partial charge in [-0.15, -0.1) is 0 Å². The molecule has 1 aliphatic rings. The molecule has 10 heteroatoms. The zero-order valence-corrected chi connectivity index (χ0v) is 23.2. The number of ether oxygens (including phenoxy) is 2. The first-order valence-electron chi connectivity index (χ1n) is 12.9. The fourth-order valence-corrected chi connectivity index (χ4v) is 5.65. The molecule has 3 heterocycles. The lowest BCUT2D eigenvalue weighted by molar-refractivity contribution is 0.0741. The quantitative estimate of drug-likeness (QED) is 0.316. The average molecular weight is 558 g/mol. The van der Waals surface area contributed by atoms with Gasteiger partial charge in [0.1, 0.15) is 17.0 Å². The summed E-state index contributed by atoms with van der Waals surface area (Å²) in [6.45, 7) is 2.38. The molecule has 0 aliphatic carbocycles. The van der Waals surface area contributed by atoms with Gasteiger partial charge in [0, 0.05) is 55.2 Å². The fraction of sp³-hybridized carbons (Fsp3) is 0.233. The van der Waals surface area contributed by atoms with Gasteiger partial charge in [-0.05, 0) is 48.5 Å². The van der Waals surface area contributed by atoms with Gasteiger partial charge in [-0.25, -0.2) is 0 Å². The maximum absolute atomic E-state index is 14.1. The van der Waals surface area contributed by atoms with Crippen molar-refractivity contribution in [2.24, 2.45) is 7.05 Å². The first kappa shape index (κ1) is 25.8. The third-order valence-corrected chi connectivity index (χ3v) is 7.82. The van der Waals surface area contributed by atoms with Crippen molar-refractivity contribution in [2.45, 2.75) is 0 Å². The molecule has 1 saturated heterocycles. The summed E-state index contributed by atoms with van der Waals surface area (Å²) in [6.07, 6.45) is 0. The molecule has 0 saturated carbocycles.